The van der Waals surface area contributed by atoms with E-state index in [1.54, 1.807) is 0 Å². The third-order valence-corrected chi connectivity index (χ3v) is 2.61. The van der Waals surface area contributed by atoms with Gasteiger partial charge in [-0.2, -0.15) is 13.2 Å². The van der Waals surface area contributed by atoms with Crippen molar-refractivity contribution in [3.63, 3.8) is 0 Å². The molecule has 0 aliphatic carbocycles. The van der Waals surface area contributed by atoms with Gasteiger partial charge in [0, 0.05) is 11.7 Å². The Kier molecular flexibility index (Phi) is 4.25. The van der Waals surface area contributed by atoms with Gasteiger partial charge in [0.2, 0.25) is 0 Å². The van der Waals surface area contributed by atoms with E-state index in [-0.39, 0.29) is 10.6 Å². The van der Waals surface area contributed by atoms with Gasteiger partial charge in [-0.3, -0.25) is 0 Å². The molecule has 1 aromatic rings. The smallest absolute Gasteiger partial charge is 0.419 e. The molecule has 1 rings (SSSR count). The first-order chi connectivity index (χ1) is 7.59. The molecular weight excluding hydrogens is 280 g/mol. The van der Waals surface area contributed by atoms with Gasteiger partial charge in [-0.05, 0) is 17.7 Å². The molecule has 0 aliphatic rings. The highest BCUT2D eigenvalue weighted by Crippen LogP contribution is 2.46. The first kappa shape index (κ1) is 14.5. The molecule has 1 unspecified atom stereocenters. The molecule has 17 heavy (non-hydrogen) atoms. The quantitative estimate of drug-likeness (QED) is 0.803. The maximum atomic E-state index is 12.6. The fourth-order valence-corrected chi connectivity index (χ4v) is 1.89. The molecule has 0 radical (unpaired) electrons. The highest BCUT2D eigenvalue weighted by Gasteiger charge is 2.43. The molecular formula is C9H8ClF3O3P-. The van der Waals surface area contributed by atoms with Crippen LogP contribution in [-0.4, -0.2) is 12.8 Å². The van der Waals surface area contributed by atoms with Crippen LogP contribution < -0.4 is 4.89 Å². The average Bonchev–Trinajstić information content (AvgIpc) is 2.13. The minimum absolute atomic E-state index is 0.247. The lowest BCUT2D eigenvalue weighted by Crippen LogP contribution is -2.24. The summed E-state index contributed by atoms with van der Waals surface area (Å²) < 4.78 is 52.7. The second kappa shape index (κ2) is 4.98. The lowest BCUT2D eigenvalue weighted by molar-refractivity contribution is -0.239. The largest absolute Gasteiger partial charge is 0.779 e. The molecule has 0 aliphatic heterocycles. The van der Waals surface area contributed by atoms with Crippen LogP contribution >= 0.6 is 19.2 Å². The van der Waals surface area contributed by atoms with Crippen molar-refractivity contribution >= 4 is 19.2 Å². The van der Waals surface area contributed by atoms with E-state index in [2.05, 4.69) is 4.52 Å². The Morgan fingerprint density at radius 1 is 1.35 bits per heavy atom. The first-order valence-electron chi connectivity index (χ1n) is 4.39. The summed E-state index contributed by atoms with van der Waals surface area (Å²) in [5.74, 6) is 0. The summed E-state index contributed by atoms with van der Waals surface area (Å²) in [6.07, 6.45) is -7.32. The Labute approximate surface area is 101 Å². The topological polar surface area (TPSA) is 49.4 Å². The minimum atomic E-state index is -4.82. The fourth-order valence-electron chi connectivity index (χ4n) is 1.14. The SMILES string of the molecule is CP(=O)([O-])O[C@@H](c1ccc(Cl)cc1)C(F)(F)F. The molecule has 0 N–H and O–H groups in total. The van der Waals surface area contributed by atoms with E-state index >= 15 is 0 Å². The van der Waals surface area contributed by atoms with E-state index < -0.39 is 19.9 Å². The van der Waals surface area contributed by atoms with Gasteiger partial charge in [0.05, 0.1) is 0 Å². The van der Waals surface area contributed by atoms with Gasteiger partial charge in [-0.15, -0.1) is 0 Å². The van der Waals surface area contributed by atoms with Gasteiger partial charge in [-0.25, -0.2) is 0 Å². The maximum Gasteiger partial charge on any atom is 0.419 e. The van der Waals surface area contributed by atoms with Gasteiger partial charge in [0.1, 0.15) is 7.60 Å². The zero-order valence-corrected chi connectivity index (χ0v) is 10.2. The third-order valence-electron chi connectivity index (χ3n) is 1.77. The van der Waals surface area contributed by atoms with Crippen LogP contribution in [0.4, 0.5) is 13.2 Å². The van der Waals surface area contributed by atoms with Crippen LogP contribution in [0.1, 0.15) is 11.7 Å². The second-order valence-electron chi connectivity index (χ2n) is 3.35. The predicted octanol–water partition coefficient (Wildman–Crippen LogP) is 3.14. The molecule has 0 bridgehead atoms. The van der Waals surface area contributed by atoms with Crippen molar-refractivity contribution in [1.29, 1.82) is 0 Å². The Morgan fingerprint density at radius 3 is 2.18 bits per heavy atom. The van der Waals surface area contributed by atoms with Crippen LogP contribution in [0.3, 0.4) is 0 Å². The lowest BCUT2D eigenvalue weighted by atomic mass is 10.1. The van der Waals surface area contributed by atoms with Crippen LogP contribution in [-0.2, 0) is 9.09 Å². The van der Waals surface area contributed by atoms with Gasteiger partial charge >= 0.3 is 6.18 Å². The first-order valence-corrected chi connectivity index (χ1v) is 6.75. The van der Waals surface area contributed by atoms with Gasteiger partial charge < -0.3 is 14.0 Å². The highest BCUT2D eigenvalue weighted by atomic mass is 35.5. The van der Waals surface area contributed by atoms with E-state index in [0.717, 1.165) is 12.1 Å². The molecule has 3 nitrogen and oxygen atoms in total. The lowest BCUT2D eigenvalue weighted by Gasteiger charge is -2.27. The van der Waals surface area contributed by atoms with Gasteiger partial charge in [0.15, 0.2) is 6.10 Å². The summed E-state index contributed by atoms with van der Waals surface area (Å²) in [5, 5.41) is 0.247. The normalized spacial score (nSPS) is 17.5. The monoisotopic (exact) mass is 287 g/mol. The van der Waals surface area contributed by atoms with Crippen LogP contribution in [0.5, 0.6) is 0 Å². The fraction of sp³-hybridized carbons (Fsp3) is 0.333. The Bertz CT molecular complexity index is 426. The van der Waals surface area contributed by atoms with E-state index in [1.165, 1.54) is 12.1 Å². The second-order valence-corrected chi connectivity index (χ2v) is 5.54. The van der Waals surface area contributed by atoms with Crippen molar-refractivity contribution in [2.24, 2.45) is 0 Å². The summed E-state index contributed by atoms with van der Waals surface area (Å²) in [7, 11) is -4.50. The maximum absolute atomic E-state index is 12.6. The number of alkyl halides is 3. The molecule has 0 aromatic heterocycles. The summed E-state index contributed by atoms with van der Waals surface area (Å²) in [6, 6.07) is 4.58. The van der Waals surface area contributed by atoms with Crippen molar-refractivity contribution in [3.05, 3.63) is 34.9 Å². The zero-order chi connectivity index (χ0) is 13.3. The number of benzene rings is 1. The van der Waals surface area contributed by atoms with Crippen LogP contribution in [0.2, 0.25) is 5.02 Å². The summed E-state index contributed by atoms with van der Waals surface area (Å²) in [4.78, 5) is 10.8. The van der Waals surface area contributed by atoms with Crippen molar-refractivity contribution in [3.8, 4) is 0 Å². The van der Waals surface area contributed by atoms with E-state index in [9.17, 15) is 22.6 Å². The Balaban J connectivity index is 3.07. The molecule has 0 fully saturated rings. The van der Waals surface area contributed by atoms with Crippen molar-refractivity contribution in [2.75, 3.05) is 6.66 Å². The van der Waals surface area contributed by atoms with Crippen LogP contribution in [0.15, 0.2) is 24.3 Å². The van der Waals surface area contributed by atoms with Crippen LogP contribution in [0, 0.1) is 0 Å². The summed E-state index contributed by atoms with van der Waals surface area (Å²) >= 11 is 5.53. The predicted molar refractivity (Wildman–Crippen MR) is 54.9 cm³/mol. The average molecular weight is 288 g/mol. The third kappa shape index (κ3) is 4.68. The van der Waals surface area contributed by atoms with E-state index in [1.807, 2.05) is 0 Å². The molecule has 0 saturated carbocycles. The van der Waals surface area contributed by atoms with Crippen LogP contribution in [0.25, 0.3) is 0 Å². The molecule has 2 atom stereocenters. The van der Waals surface area contributed by atoms with E-state index in [4.69, 9.17) is 11.6 Å². The number of halogens is 4. The molecule has 1 aromatic carbocycles. The minimum Gasteiger partial charge on any atom is -0.779 e. The number of rotatable bonds is 3. The summed E-state index contributed by atoms with van der Waals surface area (Å²) in [6.45, 7) is 0.585. The summed E-state index contributed by atoms with van der Waals surface area (Å²) in [5.41, 5.74) is -0.320. The standard InChI is InChI=1S/C9H9ClF3O3P/c1-17(14,15)16-8(9(11,12)13)6-2-4-7(10)5-3-6/h2-5,8H,1H3,(H,14,15)/p-1/t8-/m0/s1. The highest BCUT2D eigenvalue weighted by molar-refractivity contribution is 7.50. The molecule has 0 saturated heterocycles. The number of hydrogen-bond acceptors (Lipinski definition) is 3. The molecule has 0 heterocycles. The van der Waals surface area contributed by atoms with Crippen molar-refractivity contribution in [2.45, 2.75) is 12.3 Å². The molecule has 96 valence electrons. The molecule has 0 amide bonds. The van der Waals surface area contributed by atoms with Gasteiger partial charge in [-0.1, -0.05) is 23.7 Å². The van der Waals surface area contributed by atoms with E-state index in [0.29, 0.717) is 6.66 Å². The Morgan fingerprint density at radius 2 is 1.82 bits per heavy atom. The Hall–Kier alpha value is -0.550. The van der Waals surface area contributed by atoms with Gasteiger partial charge in [0.25, 0.3) is 0 Å². The number of hydrogen-bond donors (Lipinski definition) is 0. The van der Waals surface area contributed by atoms with Crippen molar-refractivity contribution in [1.82, 2.24) is 0 Å². The molecule has 0 spiro atoms. The van der Waals surface area contributed by atoms with Crippen molar-refractivity contribution < 1.29 is 27.2 Å². The zero-order valence-electron chi connectivity index (χ0n) is 8.57. The molecule has 8 heteroatoms.